The van der Waals surface area contributed by atoms with E-state index in [0.717, 1.165) is 18.0 Å². The summed E-state index contributed by atoms with van der Waals surface area (Å²) in [4.78, 5) is 20.4. The van der Waals surface area contributed by atoms with Gasteiger partial charge in [0.25, 0.3) is 5.91 Å². The van der Waals surface area contributed by atoms with Crippen molar-refractivity contribution in [1.29, 1.82) is 5.26 Å². The number of piperidine rings is 3. The van der Waals surface area contributed by atoms with Gasteiger partial charge >= 0.3 is 0 Å². The summed E-state index contributed by atoms with van der Waals surface area (Å²) in [6.45, 7) is 4.53. The number of hydrogen-bond donors (Lipinski definition) is 1. The molecule has 3 aliphatic heterocycles. The van der Waals surface area contributed by atoms with Crippen LogP contribution in [0.3, 0.4) is 0 Å². The highest BCUT2D eigenvalue weighted by Gasteiger charge is 2.40. The van der Waals surface area contributed by atoms with Gasteiger partial charge in [-0.2, -0.15) is 5.26 Å². The van der Waals surface area contributed by atoms with Gasteiger partial charge in [0.2, 0.25) is 0 Å². The molecule has 1 aromatic carbocycles. The van der Waals surface area contributed by atoms with Crippen molar-refractivity contribution in [3.8, 4) is 6.07 Å². The third-order valence-electron chi connectivity index (χ3n) is 5.70. The van der Waals surface area contributed by atoms with E-state index in [1.165, 1.54) is 24.6 Å². The van der Waals surface area contributed by atoms with Gasteiger partial charge in [-0.05, 0) is 75.2 Å². The molecule has 0 unspecified atom stereocenters. The second kappa shape index (κ2) is 7.71. The van der Waals surface area contributed by atoms with Crippen molar-refractivity contribution < 1.29 is 4.79 Å². The average Bonchev–Trinajstić information content (AvgIpc) is 2.72. The van der Waals surface area contributed by atoms with Crippen LogP contribution in [0, 0.1) is 17.2 Å². The van der Waals surface area contributed by atoms with Gasteiger partial charge in [0.05, 0.1) is 5.56 Å². The molecule has 0 saturated carbocycles. The monoisotopic (exact) mass is 378 g/mol. The van der Waals surface area contributed by atoms with E-state index >= 15 is 0 Å². The van der Waals surface area contributed by atoms with Crippen molar-refractivity contribution in [3.63, 3.8) is 0 Å². The van der Waals surface area contributed by atoms with Crippen LogP contribution in [0.1, 0.15) is 35.7 Å². The van der Waals surface area contributed by atoms with E-state index in [1.54, 1.807) is 18.3 Å². The van der Waals surface area contributed by atoms with E-state index in [0.29, 0.717) is 28.1 Å². The molecule has 27 heavy (non-hydrogen) atoms. The van der Waals surface area contributed by atoms with Crippen molar-refractivity contribution in [3.05, 3.63) is 53.7 Å². The minimum atomic E-state index is -0.00676. The third kappa shape index (κ3) is 3.71. The van der Waals surface area contributed by atoms with Crippen molar-refractivity contribution >= 4 is 17.7 Å². The van der Waals surface area contributed by atoms with E-state index in [-0.39, 0.29) is 11.9 Å². The summed E-state index contributed by atoms with van der Waals surface area (Å²) in [5, 5.41) is 13.1. The molecule has 2 bridgehead atoms. The molecule has 5 nitrogen and oxygen atoms in total. The number of nitrogens with one attached hydrogen (secondary N) is 1. The van der Waals surface area contributed by atoms with Crippen LogP contribution >= 0.6 is 11.8 Å². The maximum Gasteiger partial charge on any atom is 0.251 e. The first-order chi connectivity index (χ1) is 13.2. The van der Waals surface area contributed by atoms with E-state index < -0.39 is 0 Å². The molecule has 5 rings (SSSR count). The van der Waals surface area contributed by atoms with Gasteiger partial charge in [-0.15, -0.1) is 0 Å². The Morgan fingerprint density at radius 1 is 1.26 bits per heavy atom. The SMILES string of the molecule is C[C@H]1[C@H](NC(=O)c2ccc(Sc3ncccc3C#N)cc2)C2CCN1CC2. The number of fused-ring (bicyclic) bond motifs is 3. The molecule has 1 N–H and O–H groups in total. The standard InChI is InChI=1S/C21H22N4OS/c1-14-19(15-8-11-25(14)12-9-15)24-20(26)16-4-6-18(7-5-16)27-21-17(13-22)3-2-10-23-21/h2-7,10,14-15,19H,8-9,11-12H2,1H3,(H,24,26)/t14-,19-/m0/s1. The van der Waals surface area contributed by atoms with Gasteiger partial charge in [0, 0.05) is 28.7 Å². The average molecular weight is 379 g/mol. The lowest BCUT2D eigenvalue weighted by Crippen LogP contribution is -2.62. The van der Waals surface area contributed by atoms with Crippen molar-refractivity contribution in [2.24, 2.45) is 5.92 Å². The zero-order valence-electron chi connectivity index (χ0n) is 15.3. The summed E-state index contributed by atoms with van der Waals surface area (Å²) in [7, 11) is 0. The van der Waals surface area contributed by atoms with Crippen LogP contribution in [0.4, 0.5) is 0 Å². The molecule has 3 saturated heterocycles. The molecule has 1 aromatic heterocycles. The highest BCUT2D eigenvalue weighted by molar-refractivity contribution is 7.99. The molecule has 1 amide bonds. The third-order valence-corrected chi connectivity index (χ3v) is 6.72. The minimum absolute atomic E-state index is 0.00676. The minimum Gasteiger partial charge on any atom is -0.347 e. The van der Waals surface area contributed by atoms with Gasteiger partial charge in [0.15, 0.2) is 0 Å². The van der Waals surface area contributed by atoms with E-state index in [4.69, 9.17) is 0 Å². The van der Waals surface area contributed by atoms with Gasteiger partial charge in [0.1, 0.15) is 11.1 Å². The second-order valence-corrected chi connectivity index (χ2v) is 8.27. The lowest BCUT2D eigenvalue weighted by molar-refractivity contribution is 0.0217. The lowest BCUT2D eigenvalue weighted by atomic mass is 9.79. The first kappa shape index (κ1) is 18.0. The largest absolute Gasteiger partial charge is 0.347 e. The number of aromatic nitrogens is 1. The number of carbonyl (C=O) groups excluding carboxylic acids is 1. The fraction of sp³-hybridized carbons (Fsp3) is 0.381. The Hall–Kier alpha value is -2.36. The molecular formula is C21H22N4OS. The molecule has 0 radical (unpaired) electrons. The zero-order chi connectivity index (χ0) is 18.8. The zero-order valence-corrected chi connectivity index (χ0v) is 16.1. The molecule has 3 aliphatic rings. The van der Waals surface area contributed by atoms with Gasteiger partial charge in [-0.25, -0.2) is 4.98 Å². The van der Waals surface area contributed by atoms with Gasteiger partial charge in [-0.1, -0.05) is 11.8 Å². The number of pyridine rings is 1. The number of benzene rings is 1. The Morgan fingerprint density at radius 3 is 2.67 bits per heavy atom. The quantitative estimate of drug-likeness (QED) is 0.884. The summed E-state index contributed by atoms with van der Waals surface area (Å²) in [6, 6.07) is 13.8. The molecule has 138 valence electrons. The number of rotatable bonds is 4. The molecule has 2 aromatic rings. The molecule has 4 heterocycles. The number of nitriles is 1. The number of hydrogen-bond acceptors (Lipinski definition) is 5. The fourth-order valence-corrected chi connectivity index (χ4v) is 4.96. The van der Waals surface area contributed by atoms with Crippen molar-refractivity contribution in [2.45, 2.75) is 41.8 Å². The van der Waals surface area contributed by atoms with Gasteiger partial charge < -0.3 is 5.32 Å². The highest BCUT2D eigenvalue weighted by Crippen LogP contribution is 2.32. The summed E-state index contributed by atoms with van der Waals surface area (Å²) in [6.07, 6.45) is 4.03. The van der Waals surface area contributed by atoms with Crippen molar-refractivity contribution in [2.75, 3.05) is 13.1 Å². The Morgan fingerprint density at radius 2 is 2.00 bits per heavy atom. The fourth-order valence-electron chi connectivity index (χ4n) is 4.12. The maximum atomic E-state index is 12.7. The molecule has 2 atom stereocenters. The predicted molar refractivity (Wildman–Crippen MR) is 105 cm³/mol. The van der Waals surface area contributed by atoms with Gasteiger partial charge in [-0.3, -0.25) is 9.69 Å². The van der Waals surface area contributed by atoms with E-state index in [2.05, 4.69) is 28.2 Å². The maximum absolute atomic E-state index is 12.7. The number of carbonyl (C=O) groups is 1. The summed E-state index contributed by atoms with van der Waals surface area (Å²) in [5.74, 6) is 0.588. The van der Waals surface area contributed by atoms with Crippen molar-refractivity contribution in [1.82, 2.24) is 15.2 Å². The van der Waals surface area contributed by atoms with E-state index in [1.807, 2.05) is 24.3 Å². The van der Waals surface area contributed by atoms with Crippen LogP contribution in [-0.2, 0) is 0 Å². The molecule has 0 spiro atoms. The Kier molecular flexibility index (Phi) is 5.15. The van der Waals surface area contributed by atoms with E-state index in [9.17, 15) is 10.1 Å². The molecule has 6 heteroatoms. The first-order valence-corrected chi connectivity index (χ1v) is 10.2. The summed E-state index contributed by atoms with van der Waals surface area (Å²) >= 11 is 1.43. The molecule has 0 aliphatic carbocycles. The Labute approximate surface area is 163 Å². The molecule has 3 fully saturated rings. The van der Waals surface area contributed by atoms with Crippen LogP contribution < -0.4 is 5.32 Å². The predicted octanol–water partition coefficient (Wildman–Crippen LogP) is 3.32. The Bertz CT molecular complexity index is 866. The smallest absolute Gasteiger partial charge is 0.251 e. The summed E-state index contributed by atoms with van der Waals surface area (Å²) < 4.78 is 0. The van der Waals surface area contributed by atoms with Crippen LogP contribution in [0.5, 0.6) is 0 Å². The number of amides is 1. The van der Waals surface area contributed by atoms with Crippen LogP contribution in [-0.4, -0.2) is 41.0 Å². The normalized spacial score (nSPS) is 26.4. The van der Waals surface area contributed by atoms with Crippen LogP contribution in [0.2, 0.25) is 0 Å². The summed E-state index contributed by atoms with van der Waals surface area (Å²) in [5.41, 5.74) is 1.23. The van der Waals surface area contributed by atoms with Crippen LogP contribution in [0.15, 0.2) is 52.5 Å². The second-order valence-electron chi connectivity index (χ2n) is 7.21. The number of nitrogens with zero attached hydrogens (tertiary/aromatic N) is 3. The Balaban J connectivity index is 1.43. The topological polar surface area (TPSA) is 69.0 Å². The highest BCUT2D eigenvalue weighted by atomic mass is 32.2. The molecular weight excluding hydrogens is 356 g/mol. The lowest BCUT2D eigenvalue weighted by Gasteiger charge is -2.49. The van der Waals surface area contributed by atoms with Crippen LogP contribution in [0.25, 0.3) is 0 Å². The first-order valence-electron chi connectivity index (χ1n) is 9.33.